The predicted molar refractivity (Wildman–Crippen MR) is 69.8 cm³/mol. The SMILES string of the molecule is NC(=O)OC1CCCCCN1Cc1ccccc1. The maximum absolute atomic E-state index is 11.0. The highest BCUT2D eigenvalue weighted by atomic mass is 16.6. The largest absolute Gasteiger partial charge is 0.430 e. The highest BCUT2D eigenvalue weighted by molar-refractivity contribution is 5.64. The molecular formula is C14H20N2O2. The first-order chi connectivity index (χ1) is 8.75. The van der Waals surface area contributed by atoms with E-state index in [2.05, 4.69) is 17.0 Å². The Morgan fingerprint density at radius 2 is 2.06 bits per heavy atom. The van der Waals surface area contributed by atoms with E-state index in [0.29, 0.717) is 0 Å². The van der Waals surface area contributed by atoms with Crippen LogP contribution in [0, 0.1) is 0 Å². The Morgan fingerprint density at radius 1 is 1.28 bits per heavy atom. The van der Waals surface area contributed by atoms with Crippen LogP contribution in [0.1, 0.15) is 31.2 Å². The number of amides is 1. The predicted octanol–water partition coefficient (Wildman–Crippen LogP) is 2.48. The molecule has 0 spiro atoms. The second-order valence-corrected chi connectivity index (χ2v) is 4.70. The van der Waals surface area contributed by atoms with Crippen molar-refractivity contribution in [2.75, 3.05) is 6.54 Å². The lowest BCUT2D eigenvalue weighted by atomic mass is 10.2. The van der Waals surface area contributed by atoms with Gasteiger partial charge in [0.2, 0.25) is 0 Å². The molecule has 98 valence electrons. The van der Waals surface area contributed by atoms with Gasteiger partial charge >= 0.3 is 6.09 Å². The van der Waals surface area contributed by atoms with Crippen LogP contribution in [0.4, 0.5) is 4.79 Å². The van der Waals surface area contributed by atoms with E-state index in [0.717, 1.165) is 32.4 Å². The van der Waals surface area contributed by atoms with Crippen LogP contribution in [0.3, 0.4) is 0 Å². The second kappa shape index (κ2) is 6.40. The van der Waals surface area contributed by atoms with Crippen molar-refractivity contribution in [2.24, 2.45) is 5.73 Å². The minimum atomic E-state index is -0.681. The molecule has 18 heavy (non-hydrogen) atoms. The quantitative estimate of drug-likeness (QED) is 0.894. The molecule has 0 saturated carbocycles. The van der Waals surface area contributed by atoms with Crippen molar-refractivity contribution in [1.29, 1.82) is 0 Å². The van der Waals surface area contributed by atoms with Gasteiger partial charge in [0.1, 0.15) is 0 Å². The summed E-state index contributed by atoms with van der Waals surface area (Å²) in [4.78, 5) is 13.2. The average Bonchev–Trinajstić information content (AvgIpc) is 2.56. The van der Waals surface area contributed by atoms with Crippen LogP contribution in [0.25, 0.3) is 0 Å². The van der Waals surface area contributed by atoms with Gasteiger partial charge < -0.3 is 10.5 Å². The third-order valence-electron chi connectivity index (χ3n) is 3.28. The average molecular weight is 248 g/mol. The lowest BCUT2D eigenvalue weighted by Crippen LogP contribution is -2.39. The summed E-state index contributed by atoms with van der Waals surface area (Å²) in [7, 11) is 0. The van der Waals surface area contributed by atoms with E-state index in [9.17, 15) is 4.79 Å². The van der Waals surface area contributed by atoms with Crippen LogP contribution in [-0.4, -0.2) is 23.8 Å². The molecule has 1 aromatic rings. The molecule has 2 N–H and O–H groups in total. The van der Waals surface area contributed by atoms with E-state index >= 15 is 0 Å². The monoisotopic (exact) mass is 248 g/mol. The molecule has 1 heterocycles. The molecule has 0 aromatic heterocycles. The number of carbonyl (C=O) groups excluding carboxylic acids is 1. The van der Waals surface area contributed by atoms with Gasteiger partial charge in [-0.1, -0.05) is 36.8 Å². The Kier molecular flexibility index (Phi) is 4.59. The summed E-state index contributed by atoms with van der Waals surface area (Å²) in [6.45, 7) is 1.76. The van der Waals surface area contributed by atoms with Crippen molar-refractivity contribution in [3.8, 4) is 0 Å². The Bertz CT molecular complexity index is 381. The van der Waals surface area contributed by atoms with Crippen molar-refractivity contribution in [1.82, 2.24) is 4.90 Å². The zero-order valence-corrected chi connectivity index (χ0v) is 10.5. The molecule has 1 aromatic carbocycles. The topological polar surface area (TPSA) is 55.6 Å². The molecule has 0 aliphatic carbocycles. The van der Waals surface area contributed by atoms with Crippen molar-refractivity contribution < 1.29 is 9.53 Å². The molecule has 1 aliphatic rings. The minimum Gasteiger partial charge on any atom is -0.430 e. The third-order valence-corrected chi connectivity index (χ3v) is 3.28. The fourth-order valence-electron chi connectivity index (χ4n) is 2.40. The molecule has 1 atom stereocenters. The number of likely N-dealkylation sites (tertiary alicyclic amines) is 1. The second-order valence-electron chi connectivity index (χ2n) is 4.70. The molecule has 0 bridgehead atoms. The number of primary amides is 1. The van der Waals surface area contributed by atoms with Gasteiger partial charge in [-0.05, 0) is 24.8 Å². The fourth-order valence-corrected chi connectivity index (χ4v) is 2.40. The molecule has 1 fully saturated rings. The van der Waals surface area contributed by atoms with E-state index in [1.165, 1.54) is 12.0 Å². The molecule has 0 radical (unpaired) electrons. The van der Waals surface area contributed by atoms with Gasteiger partial charge in [0.05, 0.1) is 0 Å². The van der Waals surface area contributed by atoms with Crippen LogP contribution in [0.2, 0.25) is 0 Å². The van der Waals surface area contributed by atoms with Crippen molar-refractivity contribution >= 4 is 6.09 Å². The van der Waals surface area contributed by atoms with Gasteiger partial charge in [0, 0.05) is 13.1 Å². The molecule has 1 aliphatic heterocycles. The summed E-state index contributed by atoms with van der Waals surface area (Å²) >= 11 is 0. The fraction of sp³-hybridized carbons (Fsp3) is 0.500. The van der Waals surface area contributed by atoms with E-state index in [1.54, 1.807) is 0 Å². The summed E-state index contributed by atoms with van der Waals surface area (Å²) in [6, 6.07) is 10.2. The minimum absolute atomic E-state index is 0.176. The number of benzene rings is 1. The highest BCUT2D eigenvalue weighted by Gasteiger charge is 2.23. The molecule has 2 rings (SSSR count). The molecule has 1 unspecified atom stereocenters. The molecule has 1 saturated heterocycles. The van der Waals surface area contributed by atoms with Crippen molar-refractivity contribution in [3.63, 3.8) is 0 Å². The lowest BCUT2D eigenvalue weighted by molar-refractivity contribution is -0.0140. The summed E-state index contributed by atoms with van der Waals surface area (Å²) in [6.07, 6.45) is 3.43. The van der Waals surface area contributed by atoms with E-state index in [1.807, 2.05) is 18.2 Å². The third kappa shape index (κ3) is 3.74. The van der Waals surface area contributed by atoms with Gasteiger partial charge in [-0.25, -0.2) is 4.79 Å². The van der Waals surface area contributed by atoms with Crippen LogP contribution >= 0.6 is 0 Å². The summed E-state index contributed by atoms with van der Waals surface area (Å²) < 4.78 is 5.22. The zero-order chi connectivity index (χ0) is 12.8. The number of ether oxygens (including phenoxy) is 1. The lowest BCUT2D eigenvalue weighted by Gasteiger charge is -2.28. The van der Waals surface area contributed by atoms with Crippen LogP contribution in [-0.2, 0) is 11.3 Å². The highest BCUT2D eigenvalue weighted by Crippen LogP contribution is 2.20. The van der Waals surface area contributed by atoms with E-state index in [-0.39, 0.29) is 6.23 Å². The first-order valence-electron chi connectivity index (χ1n) is 6.50. The van der Waals surface area contributed by atoms with E-state index < -0.39 is 6.09 Å². The van der Waals surface area contributed by atoms with Crippen molar-refractivity contribution in [2.45, 2.75) is 38.5 Å². The standard InChI is InChI=1S/C14H20N2O2/c15-14(17)18-13-9-5-2-6-10-16(13)11-12-7-3-1-4-8-12/h1,3-4,7-8,13H,2,5-6,9-11H2,(H2,15,17). The molecule has 4 heteroatoms. The maximum atomic E-state index is 11.0. The number of nitrogens with zero attached hydrogens (tertiary/aromatic N) is 1. The number of carbonyl (C=O) groups is 1. The van der Waals surface area contributed by atoms with Crippen LogP contribution in [0.5, 0.6) is 0 Å². The van der Waals surface area contributed by atoms with Crippen LogP contribution < -0.4 is 5.73 Å². The van der Waals surface area contributed by atoms with Crippen molar-refractivity contribution in [3.05, 3.63) is 35.9 Å². The normalized spacial score (nSPS) is 21.2. The Hall–Kier alpha value is -1.55. The number of rotatable bonds is 3. The summed E-state index contributed by atoms with van der Waals surface area (Å²) in [5.74, 6) is 0. The Morgan fingerprint density at radius 3 is 2.78 bits per heavy atom. The van der Waals surface area contributed by atoms with Gasteiger partial charge in [-0.3, -0.25) is 4.90 Å². The Labute approximate surface area is 108 Å². The van der Waals surface area contributed by atoms with Gasteiger partial charge in [-0.15, -0.1) is 0 Å². The zero-order valence-electron chi connectivity index (χ0n) is 10.5. The van der Waals surface area contributed by atoms with Gasteiger partial charge in [0.25, 0.3) is 0 Å². The van der Waals surface area contributed by atoms with Gasteiger partial charge in [-0.2, -0.15) is 0 Å². The number of hydrogen-bond acceptors (Lipinski definition) is 3. The number of hydrogen-bond donors (Lipinski definition) is 1. The molecule has 4 nitrogen and oxygen atoms in total. The Balaban J connectivity index is 2.03. The summed E-state index contributed by atoms with van der Waals surface area (Å²) in [5.41, 5.74) is 6.38. The first-order valence-corrected chi connectivity index (χ1v) is 6.50. The van der Waals surface area contributed by atoms with Gasteiger partial charge in [0.15, 0.2) is 6.23 Å². The molecule has 1 amide bonds. The maximum Gasteiger partial charge on any atom is 0.406 e. The first kappa shape index (κ1) is 12.9. The summed E-state index contributed by atoms with van der Waals surface area (Å²) in [5, 5.41) is 0. The molecular weight excluding hydrogens is 228 g/mol. The smallest absolute Gasteiger partial charge is 0.406 e. The van der Waals surface area contributed by atoms with Crippen LogP contribution in [0.15, 0.2) is 30.3 Å². The number of nitrogens with two attached hydrogens (primary N) is 1. The van der Waals surface area contributed by atoms with E-state index in [4.69, 9.17) is 10.5 Å².